The minimum atomic E-state index is -0.0676. The maximum absolute atomic E-state index is 11.8. The van der Waals surface area contributed by atoms with Gasteiger partial charge in [0.1, 0.15) is 12.7 Å². The molecular weight excluding hydrogens is 264 g/mol. The van der Waals surface area contributed by atoms with Crippen molar-refractivity contribution in [2.75, 3.05) is 0 Å². The molecule has 0 aliphatic rings. The summed E-state index contributed by atoms with van der Waals surface area (Å²) in [5.41, 5.74) is 0.988. The van der Waals surface area contributed by atoms with E-state index in [9.17, 15) is 4.79 Å². The smallest absolute Gasteiger partial charge is 0.222 e. The molecule has 0 saturated heterocycles. The molecule has 2 rings (SSSR count). The SMILES string of the molecule is C[C@@H](NC(=O)CCn1cncn1)c1cccc(Cl)c1. The number of aryl methyl sites for hydroxylation is 1. The molecule has 0 aliphatic carbocycles. The Labute approximate surface area is 116 Å². The van der Waals surface area contributed by atoms with Crippen molar-refractivity contribution in [1.82, 2.24) is 20.1 Å². The largest absolute Gasteiger partial charge is 0.350 e. The number of benzene rings is 1. The lowest BCUT2D eigenvalue weighted by Crippen LogP contribution is -2.27. The van der Waals surface area contributed by atoms with Gasteiger partial charge in [0.25, 0.3) is 0 Å². The monoisotopic (exact) mass is 278 g/mol. The van der Waals surface area contributed by atoms with Crippen molar-refractivity contribution < 1.29 is 4.79 Å². The van der Waals surface area contributed by atoms with Gasteiger partial charge < -0.3 is 5.32 Å². The molecule has 1 aromatic heterocycles. The van der Waals surface area contributed by atoms with E-state index in [1.165, 1.54) is 6.33 Å². The first-order chi connectivity index (χ1) is 9.15. The molecule has 19 heavy (non-hydrogen) atoms. The summed E-state index contributed by atoms with van der Waals surface area (Å²) in [4.78, 5) is 15.6. The molecular formula is C13H15ClN4O. The van der Waals surface area contributed by atoms with Gasteiger partial charge in [-0.15, -0.1) is 0 Å². The summed E-state index contributed by atoms with van der Waals surface area (Å²) in [6.07, 6.45) is 3.41. The van der Waals surface area contributed by atoms with Gasteiger partial charge in [0.2, 0.25) is 5.91 Å². The molecule has 1 heterocycles. The molecule has 6 heteroatoms. The third kappa shape index (κ3) is 4.06. The number of nitrogens with zero attached hydrogens (tertiary/aromatic N) is 3. The normalized spacial score (nSPS) is 12.1. The maximum atomic E-state index is 11.8. The van der Waals surface area contributed by atoms with Gasteiger partial charge in [-0.2, -0.15) is 5.10 Å². The molecule has 1 amide bonds. The average molecular weight is 279 g/mol. The molecule has 5 nitrogen and oxygen atoms in total. The number of amides is 1. The third-order valence-electron chi connectivity index (χ3n) is 2.76. The molecule has 0 aliphatic heterocycles. The molecule has 100 valence electrons. The molecule has 0 spiro atoms. The second kappa shape index (κ2) is 6.33. The molecule has 2 aromatic rings. The number of carbonyl (C=O) groups is 1. The molecule has 1 atom stereocenters. The van der Waals surface area contributed by atoms with Crippen molar-refractivity contribution >= 4 is 17.5 Å². The van der Waals surface area contributed by atoms with Crippen molar-refractivity contribution in [3.63, 3.8) is 0 Å². The lowest BCUT2D eigenvalue weighted by atomic mass is 10.1. The Kier molecular flexibility index (Phi) is 4.52. The van der Waals surface area contributed by atoms with Crippen LogP contribution in [0.3, 0.4) is 0 Å². The quantitative estimate of drug-likeness (QED) is 0.912. The Morgan fingerprint density at radius 2 is 2.37 bits per heavy atom. The van der Waals surface area contributed by atoms with Crippen LogP contribution in [-0.4, -0.2) is 20.7 Å². The highest BCUT2D eigenvalue weighted by Gasteiger charge is 2.09. The summed E-state index contributed by atoms with van der Waals surface area (Å²) in [5.74, 6) is -0.0250. The fourth-order valence-electron chi connectivity index (χ4n) is 1.74. The van der Waals surface area contributed by atoms with Gasteiger partial charge in [-0.05, 0) is 24.6 Å². The van der Waals surface area contributed by atoms with Crippen LogP contribution < -0.4 is 5.32 Å². The van der Waals surface area contributed by atoms with Gasteiger partial charge in [-0.25, -0.2) is 4.98 Å². The van der Waals surface area contributed by atoms with Crippen molar-refractivity contribution in [3.05, 3.63) is 47.5 Å². The highest BCUT2D eigenvalue weighted by atomic mass is 35.5. The molecule has 0 saturated carbocycles. The second-order valence-corrected chi connectivity index (χ2v) is 4.69. The molecule has 1 aromatic carbocycles. The van der Waals surface area contributed by atoms with Gasteiger partial charge in [-0.1, -0.05) is 23.7 Å². The van der Waals surface area contributed by atoms with Crippen molar-refractivity contribution in [2.45, 2.75) is 25.9 Å². The Morgan fingerprint density at radius 3 is 3.05 bits per heavy atom. The van der Waals surface area contributed by atoms with Crippen LogP contribution in [0.1, 0.15) is 24.9 Å². The van der Waals surface area contributed by atoms with Gasteiger partial charge in [0.15, 0.2) is 0 Å². The zero-order valence-corrected chi connectivity index (χ0v) is 11.3. The van der Waals surface area contributed by atoms with Gasteiger partial charge in [0, 0.05) is 11.4 Å². The van der Waals surface area contributed by atoms with E-state index in [0.29, 0.717) is 18.0 Å². The molecule has 0 fully saturated rings. The van der Waals surface area contributed by atoms with Gasteiger partial charge >= 0.3 is 0 Å². The average Bonchev–Trinajstić information content (AvgIpc) is 2.89. The van der Waals surface area contributed by atoms with Crippen molar-refractivity contribution in [2.24, 2.45) is 0 Å². The van der Waals surface area contributed by atoms with Gasteiger partial charge in [0.05, 0.1) is 12.6 Å². The lowest BCUT2D eigenvalue weighted by molar-refractivity contribution is -0.122. The van der Waals surface area contributed by atoms with Crippen molar-refractivity contribution in [3.8, 4) is 0 Å². The zero-order chi connectivity index (χ0) is 13.7. The summed E-state index contributed by atoms with van der Waals surface area (Å²) >= 11 is 5.92. The number of hydrogen-bond acceptors (Lipinski definition) is 3. The predicted molar refractivity (Wildman–Crippen MR) is 72.6 cm³/mol. The Balaban J connectivity index is 1.84. The minimum Gasteiger partial charge on any atom is -0.350 e. The second-order valence-electron chi connectivity index (χ2n) is 4.25. The standard InChI is InChI=1S/C13H15ClN4O/c1-10(11-3-2-4-12(14)7-11)17-13(19)5-6-18-9-15-8-16-18/h2-4,7-10H,5-6H2,1H3,(H,17,19)/t10-/m1/s1. The van der Waals surface area contributed by atoms with E-state index in [1.807, 2.05) is 31.2 Å². The summed E-state index contributed by atoms with van der Waals surface area (Å²) in [5, 5.41) is 7.54. The van der Waals surface area contributed by atoms with Crippen LogP contribution in [0.15, 0.2) is 36.9 Å². The van der Waals surface area contributed by atoms with Crippen LogP contribution in [0.2, 0.25) is 5.02 Å². The zero-order valence-electron chi connectivity index (χ0n) is 10.6. The Morgan fingerprint density at radius 1 is 1.53 bits per heavy atom. The van der Waals surface area contributed by atoms with E-state index in [4.69, 9.17) is 11.6 Å². The summed E-state index contributed by atoms with van der Waals surface area (Å²) in [6, 6.07) is 7.40. The number of hydrogen-bond donors (Lipinski definition) is 1. The van der Waals surface area contributed by atoms with Gasteiger partial charge in [-0.3, -0.25) is 9.48 Å². The van der Waals surface area contributed by atoms with Crippen LogP contribution >= 0.6 is 11.6 Å². The minimum absolute atomic E-state index is 0.0250. The maximum Gasteiger partial charge on any atom is 0.222 e. The topological polar surface area (TPSA) is 59.8 Å². The predicted octanol–water partition coefficient (Wildman–Crippen LogP) is 2.20. The van der Waals surface area contributed by atoms with Crippen LogP contribution in [0.5, 0.6) is 0 Å². The van der Waals surface area contributed by atoms with Crippen molar-refractivity contribution in [1.29, 1.82) is 0 Å². The molecule has 0 unspecified atom stereocenters. The summed E-state index contributed by atoms with van der Waals surface area (Å²) < 4.78 is 1.63. The summed E-state index contributed by atoms with van der Waals surface area (Å²) in [7, 11) is 0. The fourth-order valence-corrected chi connectivity index (χ4v) is 1.94. The van der Waals surface area contributed by atoms with E-state index in [1.54, 1.807) is 11.0 Å². The first kappa shape index (κ1) is 13.5. The van der Waals surface area contributed by atoms with E-state index in [-0.39, 0.29) is 11.9 Å². The third-order valence-corrected chi connectivity index (χ3v) is 3.00. The first-order valence-electron chi connectivity index (χ1n) is 6.02. The highest BCUT2D eigenvalue weighted by molar-refractivity contribution is 6.30. The number of nitrogens with one attached hydrogen (secondary N) is 1. The number of halogens is 1. The van der Waals surface area contributed by atoms with E-state index in [2.05, 4.69) is 15.4 Å². The van der Waals surface area contributed by atoms with E-state index < -0.39 is 0 Å². The number of rotatable bonds is 5. The number of aromatic nitrogens is 3. The number of carbonyl (C=O) groups excluding carboxylic acids is 1. The van der Waals surface area contributed by atoms with Crippen LogP contribution in [-0.2, 0) is 11.3 Å². The van der Waals surface area contributed by atoms with Crippen LogP contribution in [0.25, 0.3) is 0 Å². The molecule has 0 bridgehead atoms. The summed E-state index contributed by atoms with van der Waals surface area (Å²) in [6.45, 7) is 2.45. The van der Waals surface area contributed by atoms with E-state index in [0.717, 1.165) is 5.56 Å². The molecule has 0 radical (unpaired) electrons. The highest BCUT2D eigenvalue weighted by Crippen LogP contribution is 2.17. The molecule has 1 N–H and O–H groups in total. The van der Waals surface area contributed by atoms with Crippen LogP contribution in [0.4, 0.5) is 0 Å². The Hall–Kier alpha value is -1.88. The Bertz CT molecular complexity index is 541. The fraction of sp³-hybridized carbons (Fsp3) is 0.308. The first-order valence-corrected chi connectivity index (χ1v) is 6.40. The van der Waals surface area contributed by atoms with Crippen LogP contribution in [0, 0.1) is 0 Å². The van der Waals surface area contributed by atoms with E-state index >= 15 is 0 Å². The lowest BCUT2D eigenvalue weighted by Gasteiger charge is -2.14.